The highest BCUT2D eigenvalue weighted by Crippen LogP contribution is 2.25. The zero-order valence-corrected chi connectivity index (χ0v) is 10.0. The van der Waals surface area contributed by atoms with Gasteiger partial charge in [-0.15, -0.1) is 0 Å². The maximum Gasteiger partial charge on any atom is 0.155 e. The largest absolute Gasteiger partial charge is 0.390 e. The third-order valence-electron chi connectivity index (χ3n) is 2.87. The monoisotopic (exact) mass is 244 g/mol. The minimum absolute atomic E-state index is 0.0151. The average molecular weight is 244 g/mol. The molecule has 1 N–H and O–H groups in total. The minimum atomic E-state index is -3.10. The summed E-state index contributed by atoms with van der Waals surface area (Å²) >= 11 is 0. The van der Waals surface area contributed by atoms with Crippen LogP contribution in [-0.2, 0) is 16.3 Å². The summed E-state index contributed by atoms with van der Waals surface area (Å²) in [6.07, 6.45) is 4.35. The van der Waals surface area contributed by atoms with Crippen molar-refractivity contribution in [3.63, 3.8) is 0 Å². The number of aromatic nitrogens is 2. The van der Waals surface area contributed by atoms with Gasteiger partial charge in [-0.05, 0) is 6.42 Å². The molecule has 0 aromatic carbocycles. The van der Waals surface area contributed by atoms with E-state index in [1.165, 1.54) is 0 Å². The van der Waals surface area contributed by atoms with E-state index in [2.05, 4.69) is 4.98 Å². The van der Waals surface area contributed by atoms with Gasteiger partial charge >= 0.3 is 0 Å². The summed E-state index contributed by atoms with van der Waals surface area (Å²) in [4.78, 5) is 4.19. The van der Waals surface area contributed by atoms with Crippen LogP contribution in [0.15, 0.2) is 12.4 Å². The third kappa shape index (κ3) is 2.12. The number of hydrogen-bond donors (Lipinski definition) is 1. The Morgan fingerprint density at radius 3 is 2.88 bits per heavy atom. The topological polar surface area (TPSA) is 72.2 Å². The van der Waals surface area contributed by atoms with Crippen molar-refractivity contribution in [2.24, 2.45) is 0 Å². The molecule has 2 atom stereocenters. The van der Waals surface area contributed by atoms with Gasteiger partial charge in [0.05, 0.1) is 23.7 Å². The molecule has 16 heavy (non-hydrogen) atoms. The van der Waals surface area contributed by atoms with Crippen LogP contribution >= 0.6 is 0 Å². The number of imidazole rings is 1. The highest BCUT2D eigenvalue weighted by molar-refractivity contribution is 7.91. The molecule has 0 aliphatic carbocycles. The lowest BCUT2D eigenvalue weighted by Crippen LogP contribution is -2.23. The van der Waals surface area contributed by atoms with Gasteiger partial charge in [0.2, 0.25) is 0 Å². The molecule has 1 saturated heterocycles. The Kier molecular flexibility index (Phi) is 3.03. The van der Waals surface area contributed by atoms with Crippen LogP contribution in [0.25, 0.3) is 0 Å². The molecule has 0 radical (unpaired) electrons. The molecule has 5 nitrogen and oxygen atoms in total. The van der Waals surface area contributed by atoms with Crippen LogP contribution in [0.2, 0.25) is 0 Å². The predicted octanol–water partition coefficient (Wildman–Crippen LogP) is 0.166. The molecule has 1 aliphatic heterocycles. The second kappa shape index (κ2) is 4.18. The van der Waals surface area contributed by atoms with Gasteiger partial charge in [-0.3, -0.25) is 0 Å². The quantitative estimate of drug-likeness (QED) is 0.822. The van der Waals surface area contributed by atoms with Crippen LogP contribution in [-0.4, -0.2) is 40.7 Å². The van der Waals surface area contributed by atoms with E-state index in [-0.39, 0.29) is 17.5 Å². The Hall–Kier alpha value is -0.880. The van der Waals surface area contributed by atoms with E-state index >= 15 is 0 Å². The standard InChI is InChI=1S/C10H16N2O3S/c1-2-3-10-11-4-5-12(10)8-6-16(14,15)7-9(8)13/h4-5,8-9,13H,2-3,6-7H2,1H3. The van der Waals surface area contributed by atoms with Crippen LogP contribution in [0.3, 0.4) is 0 Å². The number of hydrogen-bond acceptors (Lipinski definition) is 4. The van der Waals surface area contributed by atoms with Crippen LogP contribution in [0.1, 0.15) is 25.2 Å². The van der Waals surface area contributed by atoms with Crippen molar-refractivity contribution in [1.82, 2.24) is 9.55 Å². The molecule has 1 aromatic rings. The van der Waals surface area contributed by atoms with E-state index in [0.717, 1.165) is 18.7 Å². The lowest BCUT2D eigenvalue weighted by Gasteiger charge is -2.17. The molecule has 2 unspecified atom stereocenters. The van der Waals surface area contributed by atoms with Gasteiger partial charge < -0.3 is 9.67 Å². The molecular formula is C10H16N2O3S. The van der Waals surface area contributed by atoms with Crippen molar-refractivity contribution in [1.29, 1.82) is 0 Å². The zero-order chi connectivity index (χ0) is 11.8. The molecule has 0 saturated carbocycles. The van der Waals surface area contributed by atoms with Gasteiger partial charge in [0.15, 0.2) is 9.84 Å². The summed E-state index contributed by atoms with van der Waals surface area (Å²) in [5, 5.41) is 9.76. The van der Waals surface area contributed by atoms with Gasteiger partial charge in [-0.25, -0.2) is 13.4 Å². The SMILES string of the molecule is CCCc1nccn1C1CS(=O)(=O)CC1O. The van der Waals surface area contributed by atoms with Crippen molar-refractivity contribution in [3.05, 3.63) is 18.2 Å². The first-order chi connectivity index (χ1) is 7.53. The zero-order valence-electron chi connectivity index (χ0n) is 9.20. The first-order valence-corrected chi connectivity index (χ1v) is 7.26. The summed E-state index contributed by atoms with van der Waals surface area (Å²) in [5.41, 5.74) is 0. The van der Waals surface area contributed by atoms with Gasteiger partial charge in [0.1, 0.15) is 5.82 Å². The van der Waals surface area contributed by atoms with Crippen LogP contribution in [0.4, 0.5) is 0 Å². The molecule has 90 valence electrons. The van der Waals surface area contributed by atoms with Gasteiger partial charge in [-0.2, -0.15) is 0 Å². The Labute approximate surface area is 95.0 Å². The Morgan fingerprint density at radius 1 is 1.56 bits per heavy atom. The maximum atomic E-state index is 11.4. The predicted molar refractivity (Wildman–Crippen MR) is 59.9 cm³/mol. The first-order valence-electron chi connectivity index (χ1n) is 5.43. The summed E-state index contributed by atoms with van der Waals surface area (Å²) < 4.78 is 24.6. The molecule has 1 aromatic heterocycles. The highest BCUT2D eigenvalue weighted by atomic mass is 32.2. The second-order valence-corrected chi connectivity index (χ2v) is 6.37. The highest BCUT2D eigenvalue weighted by Gasteiger charge is 2.38. The summed E-state index contributed by atoms with van der Waals surface area (Å²) in [6.45, 7) is 2.04. The Balaban J connectivity index is 2.27. The van der Waals surface area contributed by atoms with E-state index in [0.29, 0.717) is 0 Å². The first kappa shape index (κ1) is 11.6. The van der Waals surface area contributed by atoms with Crippen molar-refractivity contribution >= 4 is 9.84 Å². The number of aliphatic hydroxyl groups excluding tert-OH is 1. The van der Waals surface area contributed by atoms with E-state index < -0.39 is 15.9 Å². The molecule has 1 fully saturated rings. The molecule has 2 rings (SSSR count). The van der Waals surface area contributed by atoms with Crippen molar-refractivity contribution < 1.29 is 13.5 Å². The maximum absolute atomic E-state index is 11.4. The summed E-state index contributed by atoms with van der Waals surface area (Å²) in [5.74, 6) is 0.728. The Bertz CT molecular complexity index is 466. The fourth-order valence-electron chi connectivity index (χ4n) is 2.14. The summed E-state index contributed by atoms with van der Waals surface area (Å²) in [7, 11) is -3.10. The molecule has 6 heteroatoms. The molecule has 2 heterocycles. The molecule has 0 amide bonds. The number of rotatable bonds is 3. The molecule has 1 aliphatic rings. The van der Waals surface area contributed by atoms with Crippen LogP contribution < -0.4 is 0 Å². The normalized spacial score (nSPS) is 28.4. The number of nitrogens with zero attached hydrogens (tertiary/aromatic N) is 2. The molecule has 0 spiro atoms. The van der Waals surface area contributed by atoms with E-state index in [1.54, 1.807) is 17.0 Å². The number of aryl methyl sites for hydroxylation is 1. The van der Waals surface area contributed by atoms with Gasteiger partial charge in [0, 0.05) is 18.8 Å². The van der Waals surface area contributed by atoms with E-state index in [1.807, 2.05) is 6.92 Å². The average Bonchev–Trinajstić information content (AvgIpc) is 2.71. The smallest absolute Gasteiger partial charge is 0.155 e. The Morgan fingerprint density at radius 2 is 2.31 bits per heavy atom. The summed E-state index contributed by atoms with van der Waals surface area (Å²) in [6, 6.07) is -0.367. The van der Waals surface area contributed by atoms with E-state index in [4.69, 9.17) is 0 Å². The second-order valence-electron chi connectivity index (χ2n) is 4.21. The van der Waals surface area contributed by atoms with Gasteiger partial charge in [0.25, 0.3) is 0 Å². The third-order valence-corrected chi connectivity index (χ3v) is 4.57. The fourth-order valence-corrected chi connectivity index (χ4v) is 3.92. The van der Waals surface area contributed by atoms with Crippen LogP contribution in [0, 0.1) is 0 Å². The minimum Gasteiger partial charge on any atom is -0.390 e. The lowest BCUT2D eigenvalue weighted by molar-refractivity contribution is 0.151. The van der Waals surface area contributed by atoms with Crippen molar-refractivity contribution in [2.75, 3.05) is 11.5 Å². The van der Waals surface area contributed by atoms with Crippen molar-refractivity contribution in [2.45, 2.75) is 31.9 Å². The van der Waals surface area contributed by atoms with Crippen LogP contribution in [0.5, 0.6) is 0 Å². The lowest BCUT2D eigenvalue weighted by atomic mass is 10.2. The number of aliphatic hydroxyl groups is 1. The number of sulfone groups is 1. The van der Waals surface area contributed by atoms with Crippen molar-refractivity contribution in [3.8, 4) is 0 Å². The fraction of sp³-hybridized carbons (Fsp3) is 0.700. The molecular weight excluding hydrogens is 228 g/mol. The van der Waals surface area contributed by atoms with E-state index in [9.17, 15) is 13.5 Å². The van der Waals surface area contributed by atoms with Gasteiger partial charge in [-0.1, -0.05) is 6.92 Å². The molecule has 0 bridgehead atoms.